The highest BCUT2D eigenvalue weighted by Gasteiger charge is 2.07. The van der Waals surface area contributed by atoms with Crippen LogP contribution < -0.4 is 10.1 Å². The lowest BCUT2D eigenvalue weighted by Crippen LogP contribution is -2.25. The Labute approximate surface area is 132 Å². The predicted octanol–water partition coefficient (Wildman–Crippen LogP) is 2.45. The summed E-state index contributed by atoms with van der Waals surface area (Å²) in [4.78, 5) is 16.5. The average molecular weight is 313 g/mol. The van der Waals surface area contributed by atoms with Gasteiger partial charge in [0.15, 0.2) is 0 Å². The molecule has 0 unspecified atom stereocenters. The summed E-state index contributed by atoms with van der Waals surface area (Å²) < 4.78 is 19.9. The van der Waals surface area contributed by atoms with E-state index < -0.39 is 0 Å². The highest BCUT2D eigenvalue weighted by Crippen LogP contribution is 2.12. The average Bonchev–Trinajstić information content (AvgIpc) is 2.96. The van der Waals surface area contributed by atoms with Gasteiger partial charge in [-0.05, 0) is 30.3 Å². The molecule has 0 aliphatic carbocycles. The zero-order chi connectivity index (χ0) is 16.2. The van der Waals surface area contributed by atoms with E-state index in [2.05, 4.69) is 10.3 Å². The fourth-order valence-corrected chi connectivity index (χ4v) is 2.31. The van der Waals surface area contributed by atoms with E-state index in [1.807, 2.05) is 0 Å². The number of pyridine rings is 1. The van der Waals surface area contributed by atoms with E-state index in [0.717, 1.165) is 5.69 Å². The summed E-state index contributed by atoms with van der Waals surface area (Å²) in [5.74, 6) is 0.159. The molecule has 0 spiro atoms. The molecule has 23 heavy (non-hydrogen) atoms. The van der Waals surface area contributed by atoms with Crippen LogP contribution in [0.5, 0.6) is 5.75 Å². The van der Waals surface area contributed by atoms with Gasteiger partial charge >= 0.3 is 0 Å². The van der Waals surface area contributed by atoms with Gasteiger partial charge in [0.1, 0.15) is 17.2 Å². The molecule has 0 saturated heterocycles. The minimum absolute atomic E-state index is 0.168. The van der Waals surface area contributed by atoms with Gasteiger partial charge in [-0.25, -0.2) is 9.37 Å². The monoisotopic (exact) mass is 313 g/mol. The Hall–Kier alpha value is -2.89. The summed E-state index contributed by atoms with van der Waals surface area (Å²) in [5.41, 5.74) is 2.02. The van der Waals surface area contributed by atoms with Gasteiger partial charge in [-0.2, -0.15) is 0 Å². The van der Waals surface area contributed by atoms with E-state index in [4.69, 9.17) is 4.74 Å². The molecule has 2 heterocycles. The molecule has 0 bridgehead atoms. The number of hydrogen-bond acceptors (Lipinski definition) is 3. The Bertz CT molecular complexity index is 845. The van der Waals surface area contributed by atoms with Crippen LogP contribution in [0.2, 0.25) is 0 Å². The standard InChI is InChI=1S/C17H16FN3O2/c1-23-15-4-2-3-12(9-15)17(22)19-8-7-14-11-21-10-13(18)5-6-16(21)20-14/h2-6,9-11H,7-8H2,1H3,(H,19,22). The van der Waals surface area contributed by atoms with Crippen LogP contribution in [0.25, 0.3) is 5.65 Å². The molecule has 6 heteroatoms. The number of carbonyl (C=O) groups excluding carboxylic acids is 1. The number of hydrogen-bond donors (Lipinski definition) is 1. The molecule has 3 rings (SSSR count). The first kappa shape index (κ1) is 15.0. The number of amides is 1. The van der Waals surface area contributed by atoms with E-state index in [9.17, 15) is 9.18 Å². The number of aromatic nitrogens is 2. The van der Waals surface area contributed by atoms with E-state index in [0.29, 0.717) is 29.9 Å². The van der Waals surface area contributed by atoms with Crippen molar-refractivity contribution in [2.45, 2.75) is 6.42 Å². The van der Waals surface area contributed by atoms with Gasteiger partial charge in [0, 0.05) is 30.9 Å². The number of nitrogens with zero attached hydrogens (tertiary/aromatic N) is 2. The number of nitrogens with one attached hydrogen (secondary N) is 1. The Balaban J connectivity index is 1.60. The molecule has 0 radical (unpaired) electrons. The second-order valence-electron chi connectivity index (χ2n) is 5.08. The normalized spacial score (nSPS) is 10.7. The maximum absolute atomic E-state index is 13.1. The van der Waals surface area contributed by atoms with Crippen LogP contribution in [0.1, 0.15) is 16.1 Å². The smallest absolute Gasteiger partial charge is 0.251 e. The molecule has 0 aliphatic rings. The Morgan fingerprint density at radius 2 is 2.17 bits per heavy atom. The van der Waals surface area contributed by atoms with Crippen LogP contribution in [0.3, 0.4) is 0 Å². The van der Waals surface area contributed by atoms with Crippen molar-refractivity contribution < 1.29 is 13.9 Å². The first-order valence-electron chi connectivity index (χ1n) is 7.21. The minimum atomic E-state index is -0.312. The molecule has 0 fully saturated rings. The molecule has 0 aliphatic heterocycles. The zero-order valence-electron chi connectivity index (χ0n) is 12.6. The number of carbonyl (C=O) groups is 1. The third kappa shape index (κ3) is 3.48. The van der Waals surface area contributed by atoms with Gasteiger partial charge in [0.05, 0.1) is 12.8 Å². The predicted molar refractivity (Wildman–Crippen MR) is 84.2 cm³/mol. The van der Waals surface area contributed by atoms with Gasteiger partial charge in [0.25, 0.3) is 5.91 Å². The lowest BCUT2D eigenvalue weighted by atomic mass is 10.2. The zero-order valence-corrected chi connectivity index (χ0v) is 12.6. The molecule has 5 nitrogen and oxygen atoms in total. The van der Waals surface area contributed by atoms with Crippen LogP contribution in [0, 0.1) is 5.82 Å². The van der Waals surface area contributed by atoms with Crippen LogP contribution in [-0.4, -0.2) is 28.9 Å². The van der Waals surface area contributed by atoms with Crippen LogP contribution in [-0.2, 0) is 6.42 Å². The molecular weight excluding hydrogens is 297 g/mol. The van der Waals surface area contributed by atoms with E-state index in [-0.39, 0.29) is 11.7 Å². The van der Waals surface area contributed by atoms with Crippen LogP contribution in [0.15, 0.2) is 48.8 Å². The molecule has 1 N–H and O–H groups in total. The molecule has 0 saturated carbocycles. The molecule has 118 valence electrons. The summed E-state index contributed by atoms with van der Waals surface area (Å²) in [5, 5.41) is 2.84. The van der Waals surface area contributed by atoms with Crippen molar-refractivity contribution in [2.24, 2.45) is 0 Å². The number of ether oxygens (including phenoxy) is 1. The van der Waals surface area contributed by atoms with Crippen molar-refractivity contribution in [1.29, 1.82) is 0 Å². The first-order chi connectivity index (χ1) is 11.2. The lowest BCUT2D eigenvalue weighted by Gasteiger charge is -2.05. The molecule has 3 aromatic rings. The highest BCUT2D eigenvalue weighted by atomic mass is 19.1. The van der Waals surface area contributed by atoms with E-state index in [1.54, 1.807) is 48.0 Å². The lowest BCUT2D eigenvalue weighted by molar-refractivity contribution is 0.0953. The second-order valence-corrected chi connectivity index (χ2v) is 5.08. The van der Waals surface area contributed by atoms with Gasteiger partial charge in [-0.1, -0.05) is 6.07 Å². The van der Waals surface area contributed by atoms with Crippen molar-refractivity contribution in [3.8, 4) is 5.75 Å². The number of benzene rings is 1. The quantitative estimate of drug-likeness (QED) is 0.787. The second kappa shape index (κ2) is 6.48. The summed E-state index contributed by atoms with van der Waals surface area (Å²) in [6, 6.07) is 9.95. The fraction of sp³-hybridized carbons (Fsp3) is 0.176. The Morgan fingerprint density at radius 1 is 1.30 bits per heavy atom. The summed E-state index contributed by atoms with van der Waals surface area (Å²) in [6.45, 7) is 0.447. The molecule has 0 atom stereocenters. The number of imidazole rings is 1. The van der Waals surface area contributed by atoms with Crippen molar-refractivity contribution in [3.05, 3.63) is 65.9 Å². The highest BCUT2D eigenvalue weighted by molar-refractivity contribution is 5.94. The molecular formula is C17H16FN3O2. The molecule has 1 amide bonds. The summed E-state index contributed by atoms with van der Waals surface area (Å²) in [7, 11) is 1.56. The van der Waals surface area contributed by atoms with Gasteiger partial charge in [-0.3, -0.25) is 4.79 Å². The van der Waals surface area contributed by atoms with E-state index >= 15 is 0 Å². The SMILES string of the molecule is COc1cccc(C(=O)NCCc2cn3cc(F)ccc3n2)c1. The Morgan fingerprint density at radius 3 is 3.00 bits per heavy atom. The number of fused-ring (bicyclic) bond motifs is 1. The number of rotatable bonds is 5. The van der Waals surface area contributed by atoms with Crippen molar-refractivity contribution in [2.75, 3.05) is 13.7 Å². The van der Waals surface area contributed by atoms with Gasteiger partial charge in [-0.15, -0.1) is 0 Å². The first-order valence-corrected chi connectivity index (χ1v) is 7.21. The third-order valence-electron chi connectivity index (χ3n) is 3.46. The number of methoxy groups -OCH3 is 1. The molecule has 2 aromatic heterocycles. The van der Waals surface area contributed by atoms with Gasteiger partial charge in [0.2, 0.25) is 0 Å². The third-order valence-corrected chi connectivity index (χ3v) is 3.46. The maximum Gasteiger partial charge on any atom is 0.251 e. The maximum atomic E-state index is 13.1. The number of halogens is 1. The largest absolute Gasteiger partial charge is 0.497 e. The fourth-order valence-electron chi connectivity index (χ4n) is 2.31. The van der Waals surface area contributed by atoms with Crippen LogP contribution in [0.4, 0.5) is 4.39 Å². The Kier molecular flexibility index (Phi) is 4.23. The van der Waals surface area contributed by atoms with E-state index in [1.165, 1.54) is 12.3 Å². The van der Waals surface area contributed by atoms with Crippen molar-refractivity contribution in [3.63, 3.8) is 0 Å². The summed E-state index contributed by atoms with van der Waals surface area (Å²) >= 11 is 0. The molecule has 1 aromatic carbocycles. The minimum Gasteiger partial charge on any atom is -0.497 e. The summed E-state index contributed by atoms with van der Waals surface area (Å²) in [6.07, 6.45) is 3.70. The van der Waals surface area contributed by atoms with Crippen molar-refractivity contribution in [1.82, 2.24) is 14.7 Å². The van der Waals surface area contributed by atoms with Crippen molar-refractivity contribution >= 4 is 11.6 Å². The topological polar surface area (TPSA) is 55.6 Å². The van der Waals surface area contributed by atoms with Crippen LogP contribution >= 0.6 is 0 Å². The van der Waals surface area contributed by atoms with Gasteiger partial charge < -0.3 is 14.5 Å².